The van der Waals surface area contributed by atoms with Crippen LogP contribution in [0.5, 0.6) is 5.75 Å². The molecule has 4 rings (SSSR count). The standard InChI is InChI=1S/C24H18N2O4/c1-16-8-7-10-18(14-16)24(29)30-21-13-6-5-9-17(21)15-20-22(27)25-26(23(20)28)19-11-3-2-4-12-19/h2-15H,1H3,(H,25,27)/b20-15+. The van der Waals surface area contributed by atoms with Crippen LogP contribution in [0.4, 0.5) is 5.69 Å². The minimum absolute atomic E-state index is 0.0436. The normalized spacial score (nSPS) is 14.7. The molecule has 0 unspecified atom stereocenters. The average Bonchev–Trinajstić information content (AvgIpc) is 3.04. The van der Waals surface area contributed by atoms with E-state index in [0.717, 1.165) is 5.56 Å². The summed E-state index contributed by atoms with van der Waals surface area (Å²) >= 11 is 0. The second kappa shape index (κ2) is 8.05. The van der Waals surface area contributed by atoms with Crippen LogP contribution >= 0.6 is 0 Å². The van der Waals surface area contributed by atoms with E-state index >= 15 is 0 Å². The third-order valence-corrected chi connectivity index (χ3v) is 4.58. The Balaban J connectivity index is 1.62. The van der Waals surface area contributed by atoms with E-state index in [-0.39, 0.29) is 11.3 Å². The molecule has 2 amide bonds. The number of nitrogens with one attached hydrogen (secondary N) is 1. The van der Waals surface area contributed by atoms with E-state index in [0.29, 0.717) is 16.8 Å². The maximum absolute atomic E-state index is 12.8. The minimum Gasteiger partial charge on any atom is -0.422 e. The highest BCUT2D eigenvalue weighted by Gasteiger charge is 2.34. The van der Waals surface area contributed by atoms with E-state index in [4.69, 9.17) is 4.74 Å². The van der Waals surface area contributed by atoms with Crippen LogP contribution in [0.2, 0.25) is 0 Å². The largest absolute Gasteiger partial charge is 0.422 e. The smallest absolute Gasteiger partial charge is 0.343 e. The van der Waals surface area contributed by atoms with E-state index in [2.05, 4.69) is 5.43 Å². The van der Waals surface area contributed by atoms with Crippen molar-refractivity contribution in [2.24, 2.45) is 0 Å². The number of para-hydroxylation sites is 2. The zero-order valence-electron chi connectivity index (χ0n) is 16.2. The second-order valence-corrected chi connectivity index (χ2v) is 6.77. The molecule has 1 N–H and O–H groups in total. The Hall–Kier alpha value is -4.19. The number of anilines is 1. The van der Waals surface area contributed by atoms with Crippen LogP contribution in [0.3, 0.4) is 0 Å². The predicted molar refractivity (Wildman–Crippen MR) is 113 cm³/mol. The zero-order chi connectivity index (χ0) is 21.1. The maximum Gasteiger partial charge on any atom is 0.343 e. The lowest BCUT2D eigenvalue weighted by molar-refractivity contribution is -0.117. The number of nitrogens with zero attached hydrogens (tertiary/aromatic N) is 1. The number of amides is 2. The van der Waals surface area contributed by atoms with Crippen LogP contribution < -0.4 is 15.2 Å². The lowest BCUT2D eigenvalue weighted by Gasteiger charge is -2.13. The van der Waals surface area contributed by atoms with E-state index in [1.165, 1.54) is 11.1 Å². The fourth-order valence-corrected chi connectivity index (χ4v) is 3.10. The molecule has 0 saturated carbocycles. The molecule has 0 bridgehead atoms. The van der Waals surface area contributed by atoms with Crippen molar-refractivity contribution < 1.29 is 19.1 Å². The lowest BCUT2D eigenvalue weighted by Crippen LogP contribution is -2.35. The number of hydrogen-bond donors (Lipinski definition) is 1. The van der Waals surface area contributed by atoms with Gasteiger partial charge in [0.15, 0.2) is 0 Å². The van der Waals surface area contributed by atoms with E-state index in [1.54, 1.807) is 66.7 Å². The van der Waals surface area contributed by atoms with Gasteiger partial charge in [0.2, 0.25) is 0 Å². The van der Waals surface area contributed by atoms with Crippen molar-refractivity contribution in [2.75, 3.05) is 5.01 Å². The summed E-state index contributed by atoms with van der Waals surface area (Å²) in [6.07, 6.45) is 1.43. The summed E-state index contributed by atoms with van der Waals surface area (Å²) in [6, 6.07) is 22.6. The van der Waals surface area contributed by atoms with Crippen LogP contribution in [0.15, 0.2) is 84.4 Å². The molecule has 0 atom stereocenters. The van der Waals surface area contributed by atoms with Crippen molar-refractivity contribution in [3.05, 3.63) is 101 Å². The van der Waals surface area contributed by atoms with Gasteiger partial charge in [-0.25, -0.2) is 9.80 Å². The highest BCUT2D eigenvalue weighted by atomic mass is 16.5. The van der Waals surface area contributed by atoms with E-state index in [1.807, 2.05) is 19.1 Å². The fraction of sp³-hybridized carbons (Fsp3) is 0.0417. The highest BCUT2D eigenvalue weighted by molar-refractivity contribution is 6.31. The van der Waals surface area contributed by atoms with Crippen LogP contribution in [-0.2, 0) is 9.59 Å². The van der Waals surface area contributed by atoms with Crippen LogP contribution in [0.1, 0.15) is 21.5 Å². The van der Waals surface area contributed by atoms with E-state index < -0.39 is 17.8 Å². The number of benzene rings is 3. The van der Waals surface area contributed by atoms with E-state index in [9.17, 15) is 14.4 Å². The first-order valence-electron chi connectivity index (χ1n) is 9.33. The first-order chi connectivity index (χ1) is 14.5. The third kappa shape index (κ3) is 3.84. The summed E-state index contributed by atoms with van der Waals surface area (Å²) < 4.78 is 5.54. The first-order valence-corrected chi connectivity index (χ1v) is 9.33. The van der Waals surface area contributed by atoms with Crippen molar-refractivity contribution in [1.82, 2.24) is 5.43 Å². The second-order valence-electron chi connectivity index (χ2n) is 6.77. The highest BCUT2D eigenvalue weighted by Crippen LogP contribution is 2.26. The molecule has 1 saturated heterocycles. The van der Waals surface area contributed by atoms with Gasteiger partial charge in [-0.2, -0.15) is 0 Å². The van der Waals surface area contributed by atoms with Crippen LogP contribution in [0.25, 0.3) is 6.08 Å². The van der Waals surface area contributed by atoms with Gasteiger partial charge in [-0.05, 0) is 43.3 Å². The van der Waals surface area contributed by atoms with Crippen molar-refractivity contribution in [3.63, 3.8) is 0 Å². The molecule has 6 nitrogen and oxygen atoms in total. The van der Waals surface area contributed by atoms with Gasteiger partial charge >= 0.3 is 5.97 Å². The van der Waals surface area contributed by atoms with Gasteiger partial charge in [0.1, 0.15) is 11.3 Å². The molecule has 0 spiro atoms. The summed E-state index contributed by atoms with van der Waals surface area (Å²) in [7, 11) is 0. The molecular formula is C24H18N2O4. The van der Waals surface area contributed by atoms with Gasteiger partial charge in [0, 0.05) is 5.56 Å². The Morgan fingerprint density at radius 3 is 2.43 bits per heavy atom. The Labute approximate surface area is 173 Å². The molecule has 3 aromatic rings. The molecular weight excluding hydrogens is 380 g/mol. The molecule has 6 heteroatoms. The van der Waals surface area contributed by atoms with Crippen molar-refractivity contribution in [2.45, 2.75) is 6.92 Å². The summed E-state index contributed by atoms with van der Waals surface area (Å²) in [4.78, 5) is 37.7. The first kappa shape index (κ1) is 19.1. The Morgan fingerprint density at radius 2 is 1.67 bits per heavy atom. The van der Waals surface area contributed by atoms with Gasteiger partial charge in [0.05, 0.1) is 11.3 Å². The predicted octanol–water partition coefficient (Wildman–Crippen LogP) is 3.68. The van der Waals surface area contributed by atoms with Gasteiger partial charge < -0.3 is 4.74 Å². The SMILES string of the molecule is Cc1cccc(C(=O)Oc2ccccc2/C=C2\C(=O)NN(c3ccccc3)C2=O)c1. The topological polar surface area (TPSA) is 75.7 Å². The number of carbonyl (C=O) groups excluding carboxylic acids is 3. The third-order valence-electron chi connectivity index (χ3n) is 4.58. The zero-order valence-corrected chi connectivity index (χ0v) is 16.2. The number of hydrazine groups is 1. The van der Waals surface area contributed by atoms with Crippen molar-refractivity contribution in [1.29, 1.82) is 0 Å². The number of carbonyl (C=O) groups is 3. The lowest BCUT2D eigenvalue weighted by atomic mass is 10.1. The molecule has 0 aliphatic carbocycles. The molecule has 0 radical (unpaired) electrons. The molecule has 1 aliphatic rings. The fourth-order valence-electron chi connectivity index (χ4n) is 3.10. The number of hydrogen-bond acceptors (Lipinski definition) is 4. The summed E-state index contributed by atoms with van der Waals surface area (Å²) in [5.41, 5.74) is 4.87. The van der Waals surface area contributed by atoms with Crippen molar-refractivity contribution in [3.8, 4) is 5.75 Å². The van der Waals surface area contributed by atoms with Crippen LogP contribution in [0, 0.1) is 6.92 Å². The van der Waals surface area contributed by atoms with Gasteiger partial charge in [-0.3, -0.25) is 15.0 Å². The van der Waals surface area contributed by atoms with Gasteiger partial charge in [0.25, 0.3) is 11.8 Å². The number of aryl methyl sites for hydroxylation is 1. The molecule has 30 heavy (non-hydrogen) atoms. The summed E-state index contributed by atoms with van der Waals surface area (Å²) in [5, 5.41) is 1.19. The Morgan fingerprint density at radius 1 is 0.933 bits per heavy atom. The molecule has 3 aromatic carbocycles. The van der Waals surface area contributed by atoms with Crippen LogP contribution in [-0.4, -0.2) is 17.8 Å². The van der Waals surface area contributed by atoms with Crippen molar-refractivity contribution >= 4 is 29.5 Å². The molecule has 1 heterocycles. The molecule has 1 aliphatic heterocycles. The van der Waals surface area contributed by atoms with Gasteiger partial charge in [-0.1, -0.05) is 54.1 Å². The molecule has 1 fully saturated rings. The number of esters is 1. The maximum atomic E-state index is 12.8. The summed E-state index contributed by atoms with van der Waals surface area (Å²) in [5.74, 6) is -1.26. The number of rotatable bonds is 4. The monoisotopic (exact) mass is 398 g/mol. The Bertz CT molecular complexity index is 1170. The minimum atomic E-state index is -0.524. The number of ether oxygens (including phenoxy) is 1. The van der Waals surface area contributed by atoms with Gasteiger partial charge in [-0.15, -0.1) is 0 Å². The average molecular weight is 398 g/mol. The molecule has 0 aromatic heterocycles. The Kier molecular flexibility index (Phi) is 5.13. The molecule has 148 valence electrons. The quantitative estimate of drug-likeness (QED) is 0.315. The summed E-state index contributed by atoms with van der Waals surface area (Å²) in [6.45, 7) is 1.89.